The standard InChI is InChI=1S/C45H29N3/c1-3-13-30(14-4-1)36-27-28-37(39-22-10-9-21-38(36)39)33-18-11-19-34(29-33)44-46-43(32-16-5-2-6-17-32)47-45(48-44)42-24-12-23-40-35-20-8-7-15-31(35)25-26-41(40)42/h1-29H/i7D,8D,12D,15D,20D,23D,24D,25D,26D. The zero-order valence-electron chi connectivity index (χ0n) is 34.4. The van der Waals surface area contributed by atoms with E-state index in [0.29, 0.717) is 11.1 Å². The van der Waals surface area contributed by atoms with Crippen LogP contribution in [0.3, 0.4) is 0 Å². The van der Waals surface area contributed by atoms with Gasteiger partial charge in [0.25, 0.3) is 0 Å². The first-order chi connectivity index (χ1) is 27.5. The fraction of sp³-hybridized carbons (Fsp3) is 0. The molecule has 0 amide bonds. The van der Waals surface area contributed by atoms with Gasteiger partial charge in [-0.05, 0) is 60.6 Å². The summed E-state index contributed by atoms with van der Waals surface area (Å²) in [6.45, 7) is 0. The predicted molar refractivity (Wildman–Crippen MR) is 200 cm³/mol. The molecule has 3 heteroatoms. The molecule has 0 saturated carbocycles. The van der Waals surface area contributed by atoms with Gasteiger partial charge >= 0.3 is 0 Å². The lowest BCUT2D eigenvalue weighted by molar-refractivity contribution is 1.08. The number of hydrogen-bond donors (Lipinski definition) is 0. The molecular weight excluding hydrogens is 583 g/mol. The molecule has 0 N–H and O–H groups in total. The molecule has 8 aromatic carbocycles. The normalized spacial score (nSPS) is 14.0. The first-order valence-electron chi connectivity index (χ1n) is 20.0. The Bertz CT molecular complexity index is 3120. The third kappa shape index (κ3) is 4.90. The Labute approximate surface area is 291 Å². The molecule has 224 valence electrons. The minimum Gasteiger partial charge on any atom is -0.208 e. The fourth-order valence-corrected chi connectivity index (χ4v) is 6.18. The molecule has 0 bridgehead atoms. The van der Waals surface area contributed by atoms with Gasteiger partial charge < -0.3 is 0 Å². The maximum Gasteiger partial charge on any atom is 0.164 e. The molecule has 0 atom stereocenters. The summed E-state index contributed by atoms with van der Waals surface area (Å²) < 4.78 is 79.1. The van der Waals surface area contributed by atoms with Crippen molar-refractivity contribution in [3.63, 3.8) is 0 Å². The number of nitrogens with zero attached hydrogens (tertiary/aromatic N) is 3. The highest BCUT2D eigenvalue weighted by molar-refractivity contribution is 6.11. The monoisotopic (exact) mass is 620 g/mol. The molecule has 0 aliphatic rings. The van der Waals surface area contributed by atoms with Crippen LogP contribution in [0.5, 0.6) is 0 Å². The largest absolute Gasteiger partial charge is 0.208 e. The van der Waals surface area contributed by atoms with Crippen molar-refractivity contribution in [1.82, 2.24) is 15.0 Å². The number of aromatic nitrogens is 3. The zero-order valence-corrected chi connectivity index (χ0v) is 25.4. The van der Waals surface area contributed by atoms with Crippen molar-refractivity contribution in [2.45, 2.75) is 0 Å². The highest BCUT2D eigenvalue weighted by atomic mass is 15.0. The number of fused-ring (bicyclic) bond motifs is 4. The highest BCUT2D eigenvalue weighted by Gasteiger charge is 2.16. The third-order valence-corrected chi connectivity index (χ3v) is 8.46. The summed E-state index contributed by atoms with van der Waals surface area (Å²) in [6, 6.07) is 34.9. The van der Waals surface area contributed by atoms with Crippen LogP contribution in [-0.2, 0) is 0 Å². The Balaban J connectivity index is 1.31. The van der Waals surface area contributed by atoms with Gasteiger partial charge in [-0.2, -0.15) is 0 Å². The van der Waals surface area contributed by atoms with Gasteiger partial charge in [-0.25, -0.2) is 15.0 Å². The van der Waals surface area contributed by atoms with E-state index in [2.05, 4.69) is 36.4 Å². The Hall–Kier alpha value is -6.45. The van der Waals surface area contributed by atoms with Crippen LogP contribution >= 0.6 is 0 Å². The van der Waals surface area contributed by atoms with Crippen molar-refractivity contribution in [2.75, 3.05) is 0 Å². The second kappa shape index (κ2) is 11.7. The third-order valence-electron chi connectivity index (χ3n) is 8.46. The summed E-state index contributed by atoms with van der Waals surface area (Å²) in [6.07, 6.45) is 0. The molecule has 1 aromatic heterocycles. The van der Waals surface area contributed by atoms with E-state index in [-0.39, 0.29) is 44.6 Å². The Morgan fingerprint density at radius 2 is 0.917 bits per heavy atom. The van der Waals surface area contributed by atoms with Gasteiger partial charge in [0.05, 0.1) is 12.3 Å². The molecule has 0 fully saturated rings. The van der Waals surface area contributed by atoms with Crippen LogP contribution in [0.1, 0.15) is 12.3 Å². The summed E-state index contributed by atoms with van der Waals surface area (Å²) in [7, 11) is 0. The minimum absolute atomic E-state index is 0.0847. The second-order valence-corrected chi connectivity index (χ2v) is 11.3. The lowest BCUT2D eigenvalue weighted by Crippen LogP contribution is -2.00. The average molecular weight is 621 g/mol. The summed E-state index contributed by atoms with van der Waals surface area (Å²) >= 11 is 0. The van der Waals surface area contributed by atoms with E-state index in [1.54, 1.807) is 0 Å². The van der Waals surface area contributed by atoms with Gasteiger partial charge in [-0.3, -0.25) is 0 Å². The topological polar surface area (TPSA) is 38.7 Å². The van der Waals surface area contributed by atoms with E-state index in [9.17, 15) is 1.37 Å². The van der Waals surface area contributed by atoms with Crippen molar-refractivity contribution in [3.05, 3.63) is 176 Å². The number of benzene rings is 8. The van der Waals surface area contributed by atoms with Gasteiger partial charge in [0.1, 0.15) is 0 Å². The first kappa shape index (κ1) is 19.9. The fourth-order valence-electron chi connectivity index (χ4n) is 6.18. The van der Waals surface area contributed by atoms with Crippen molar-refractivity contribution in [2.24, 2.45) is 0 Å². The van der Waals surface area contributed by atoms with Crippen molar-refractivity contribution < 1.29 is 12.3 Å². The number of rotatable bonds is 5. The summed E-state index contributed by atoms with van der Waals surface area (Å²) in [5.41, 5.74) is 5.25. The van der Waals surface area contributed by atoms with Crippen LogP contribution in [-0.4, -0.2) is 15.0 Å². The van der Waals surface area contributed by atoms with E-state index in [4.69, 9.17) is 25.9 Å². The van der Waals surface area contributed by atoms with Crippen LogP contribution in [0.4, 0.5) is 0 Å². The summed E-state index contributed by atoms with van der Waals surface area (Å²) in [5, 5.41) is 1.46. The van der Waals surface area contributed by atoms with Gasteiger partial charge in [0.15, 0.2) is 17.5 Å². The number of hydrogen-bond acceptors (Lipinski definition) is 3. The molecule has 9 aromatic rings. The van der Waals surface area contributed by atoms with E-state index in [1.807, 2.05) is 84.9 Å². The van der Waals surface area contributed by atoms with Crippen molar-refractivity contribution in [3.8, 4) is 56.4 Å². The van der Waals surface area contributed by atoms with Crippen LogP contribution < -0.4 is 0 Å². The molecule has 48 heavy (non-hydrogen) atoms. The van der Waals surface area contributed by atoms with Crippen molar-refractivity contribution >= 4 is 32.3 Å². The zero-order chi connectivity index (χ0) is 39.7. The molecule has 0 radical (unpaired) electrons. The van der Waals surface area contributed by atoms with E-state index in [0.717, 1.165) is 33.0 Å². The summed E-state index contributed by atoms with van der Waals surface area (Å²) in [5.74, 6) is 0.395. The maximum absolute atomic E-state index is 9.17. The van der Waals surface area contributed by atoms with E-state index < -0.39 is 54.4 Å². The first-order valence-corrected chi connectivity index (χ1v) is 15.5. The SMILES string of the molecule is [2H]c1c([2H])c([2H])c2c(c1[2H])c([2H])c([2H])c1c(-c3nc(-c4ccccc4)nc(-c4cccc(-c5ccc(-c6ccccc6)c6ccccc56)c4)n3)c([2H])c([2H])c([2H])c12. The molecule has 0 spiro atoms. The average Bonchev–Trinajstić information content (AvgIpc) is 3.25. The Morgan fingerprint density at radius 3 is 1.69 bits per heavy atom. The van der Waals surface area contributed by atoms with Crippen LogP contribution in [0, 0.1) is 0 Å². The lowest BCUT2D eigenvalue weighted by Gasteiger charge is -2.14. The molecule has 0 saturated heterocycles. The molecule has 0 aliphatic carbocycles. The molecule has 1 heterocycles. The van der Waals surface area contributed by atoms with Gasteiger partial charge in [-0.15, -0.1) is 0 Å². The molecule has 3 nitrogen and oxygen atoms in total. The smallest absolute Gasteiger partial charge is 0.164 e. The molecule has 0 aliphatic heterocycles. The Kier molecular flexibility index (Phi) is 4.87. The van der Waals surface area contributed by atoms with Gasteiger partial charge in [-0.1, -0.05) is 170 Å². The van der Waals surface area contributed by atoms with E-state index in [1.165, 1.54) is 0 Å². The van der Waals surface area contributed by atoms with Gasteiger partial charge in [0.2, 0.25) is 0 Å². The lowest BCUT2D eigenvalue weighted by atomic mass is 9.91. The van der Waals surface area contributed by atoms with Crippen molar-refractivity contribution in [1.29, 1.82) is 0 Å². The van der Waals surface area contributed by atoms with Crippen LogP contribution in [0.2, 0.25) is 0 Å². The molecular formula is C45H29N3. The summed E-state index contributed by atoms with van der Waals surface area (Å²) in [4.78, 5) is 14.5. The minimum atomic E-state index is -0.579. The molecule has 9 rings (SSSR count). The highest BCUT2D eigenvalue weighted by Crippen LogP contribution is 2.38. The van der Waals surface area contributed by atoms with E-state index >= 15 is 0 Å². The van der Waals surface area contributed by atoms with Crippen LogP contribution in [0.25, 0.3) is 88.7 Å². The second-order valence-electron chi connectivity index (χ2n) is 11.3. The quantitative estimate of drug-likeness (QED) is 0.180. The predicted octanol–water partition coefficient (Wildman–Crippen LogP) is 11.7. The molecule has 0 unspecified atom stereocenters. The maximum atomic E-state index is 9.17. The Morgan fingerprint density at radius 1 is 0.333 bits per heavy atom. The van der Waals surface area contributed by atoms with Crippen LogP contribution in [0.15, 0.2) is 176 Å². The van der Waals surface area contributed by atoms with Gasteiger partial charge in [0, 0.05) is 16.7 Å².